The molecule has 0 aliphatic heterocycles. The molecule has 0 aromatic heterocycles. The summed E-state index contributed by atoms with van der Waals surface area (Å²) in [6, 6.07) is 1.73. The van der Waals surface area contributed by atoms with E-state index in [4.69, 9.17) is 10.4 Å². The van der Waals surface area contributed by atoms with E-state index in [9.17, 15) is 4.79 Å². The minimum absolute atomic E-state index is 0.0757. The lowest BCUT2D eigenvalue weighted by Gasteiger charge is -2.56. The molecule has 4 fully saturated rings. The third-order valence-corrected chi connectivity index (χ3v) is 4.91. The Hall–Kier alpha value is -1.50. The molecule has 0 aromatic rings. The first-order valence-corrected chi connectivity index (χ1v) is 6.71. The van der Waals surface area contributed by atoms with Gasteiger partial charge in [0.2, 0.25) is 0 Å². The number of carbonyl (C=O) groups is 1. The fraction of sp³-hybridized carbons (Fsp3) is 0.714. The monoisotopic (exact) mass is 246 g/mol. The van der Waals surface area contributed by atoms with Gasteiger partial charge in [-0.15, -0.1) is 0 Å². The standard InChI is InChI=1S/C14H18N2O2/c15-7-12(13(17)18)8-16-14-4-9-1-10(5-14)3-11(2-9)6-14/h8-11,16H,1-6H2,(H,17,18)/b12-8+. The smallest absolute Gasteiger partial charge is 0.347 e. The van der Waals surface area contributed by atoms with Crippen LogP contribution in [0.1, 0.15) is 38.5 Å². The zero-order valence-corrected chi connectivity index (χ0v) is 10.4. The highest BCUT2D eigenvalue weighted by Gasteiger charge is 2.50. The van der Waals surface area contributed by atoms with Gasteiger partial charge in [0.15, 0.2) is 5.57 Å². The summed E-state index contributed by atoms with van der Waals surface area (Å²) in [4.78, 5) is 10.8. The van der Waals surface area contributed by atoms with Crippen LogP contribution in [0.4, 0.5) is 0 Å². The predicted molar refractivity (Wildman–Crippen MR) is 65.4 cm³/mol. The van der Waals surface area contributed by atoms with Crippen molar-refractivity contribution in [2.75, 3.05) is 0 Å². The van der Waals surface area contributed by atoms with Crippen molar-refractivity contribution >= 4 is 5.97 Å². The van der Waals surface area contributed by atoms with Crippen LogP contribution in [-0.4, -0.2) is 16.6 Å². The van der Waals surface area contributed by atoms with Gasteiger partial charge in [-0.2, -0.15) is 5.26 Å². The van der Waals surface area contributed by atoms with Crippen molar-refractivity contribution in [3.05, 3.63) is 11.8 Å². The molecule has 0 heterocycles. The van der Waals surface area contributed by atoms with E-state index in [1.54, 1.807) is 6.07 Å². The Labute approximate surface area is 107 Å². The average molecular weight is 246 g/mol. The van der Waals surface area contributed by atoms with Crippen molar-refractivity contribution < 1.29 is 9.90 Å². The maximum absolute atomic E-state index is 10.8. The van der Waals surface area contributed by atoms with Gasteiger partial charge in [-0.05, 0) is 56.3 Å². The van der Waals surface area contributed by atoms with Crippen molar-refractivity contribution in [1.29, 1.82) is 5.26 Å². The van der Waals surface area contributed by atoms with Gasteiger partial charge >= 0.3 is 5.97 Å². The highest BCUT2D eigenvalue weighted by atomic mass is 16.4. The third-order valence-electron chi connectivity index (χ3n) is 4.91. The second-order valence-electron chi connectivity index (χ2n) is 6.32. The molecule has 0 spiro atoms. The van der Waals surface area contributed by atoms with Gasteiger partial charge in [-0.25, -0.2) is 4.79 Å². The van der Waals surface area contributed by atoms with Gasteiger partial charge in [0, 0.05) is 11.7 Å². The van der Waals surface area contributed by atoms with Crippen molar-refractivity contribution in [2.45, 2.75) is 44.1 Å². The third kappa shape index (κ3) is 1.88. The van der Waals surface area contributed by atoms with E-state index in [1.807, 2.05) is 0 Å². The number of aliphatic carboxylic acids is 1. The summed E-state index contributed by atoms with van der Waals surface area (Å²) in [5.74, 6) is 1.29. The van der Waals surface area contributed by atoms with E-state index in [0.717, 1.165) is 37.0 Å². The fourth-order valence-corrected chi connectivity index (χ4v) is 4.65. The van der Waals surface area contributed by atoms with Gasteiger partial charge < -0.3 is 10.4 Å². The van der Waals surface area contributed by atoms with Gasteiger partial charge in [-0.1, -0.05) is 0 Å². The summed E-state index contributed by atoms with van der Waals surface area (Å²) in [6.45, 7) is 0. The highest BCUT2D eigenvalue weighted by molar-refractivity contribution is 5.90. The number of carboxylic acid groups (broad SMARTS) is 1. The minimum Gasteiger partial charge on any atom is -0.477 e. The van der Waals surface area contributed by atoms with Crippen molar-refractivity contribution in [1.82, 2.24) is 5.32 Å². The number of nitrogens with one attached hydrogen (secondary N) is 1. The van der Waals surface area contributed by atoms with Gasteiger partial charge in [0.05, 0.1) is 0 Å². The van der Waals surface area contributed by atoms with Crippen LogP contribution in [-0.2, 0) is 4.79 Å². The molecule has 4 saturated carbocycles. The summed E-state index contributed by atoms with van der Waals surface area (Å²) in [5, 5.41) is 20.9. The molecule has 4 aliphatic carbocycles. The van der Waals surface area contributed by atoms with Crippen LogP contribution in [0.3, 0.4) is 0 Å². The van der Waals surface area contributed by atoms with Crippen LogP contribution in [0.25, 0.3) is 0 Å². The molecule has 4 bridgehead atoms. The summed E-state index contributed by atoms with van der Waals surface area (Å²) < 4.78 is 0. The predicted octanol–water partition coefficient (Wildman–Crippen LogP) is 2.04. The highest BCUT2D eigenvalue weighted by Crippen LogP contribution is 2.55. The lowest BCUT2D eigenvalue weighted by atomic mass is 9.53. The van der Waals surface area contributed by atoms with Gasteiger partial charge in [0.25, 0.3) is 0 Å². The molecular formula is C14H18N2O2. The molecule has 0 saturated heterocycles. The summed E-state index contributed by atoms with van der Waals surface area (Å²) in [6.07, 6.45) is 8.93. The van der Waals surface area contributed by atoms with E-state index < -0.39 is 5.97 Å². The molecule has 0 atom stereocenters. The lowest BCUT2D eigenvalue weighted by Crippen LogP contribution is -2.57. The second-order valence-corrected chi connectivity index (χ2v) is 6.32. The lowest BCUT2D eigenvalue weighted by molar-refractivity contribution is -0.132. The Kier molecular flexibility index (Phi) is 2.58. The van der Waals surface area contributed by atoms with Crippen LogP contribution in [0, 0.1) is 29.1 Å². The molecule has 0 radical (unpaired) electrons. The molecule has 2 N–H and O–H groups in total. The Balaban J connectivity index is 1.77. The summed E-state index contributed by atoms with van der Waals surface area (Å²) in [7, 11) is 0. The van der Waals surface area contributed by atoms with E-state index in [2.05, 4.69) is 5.32 Å². The molecule has 0 unspecified atom stereocenters. The topological polar surface area (TPSA) is 73.1 Å². The number of hydrogen-bond donors (Lipinski definition) is 2. The largest absolute Gasteiger partial charge is 0.477 e. The number of rotatable bonds is 3. The van der Waals surface area contributed by atoms with Crippen LogP contribution in [0.2, 0.25) is 0 Å². The Morgan fingerprint density at radius 3 is 2.11 bits per heavy atom. The first kappa shape index (κ1) is 11.6. The molecule has 0 amide bonds. The van der Waals surface area contributed by atoms with Crippen LogP contribution in [0.5, 0.6) is 0 Å². The van der Waals surface area contributed by atoms with Gasteiger partial charge in [0.1, 0.15) is 6.07 Å². The van der Waals surface area contributed by atoms with Crippen molar-refractivity contribution in [2.24, 2.45) is 17.8 Å². The van der Waals surface area contributed by atoms with E-state index in [1.165, 1.54) is 25.5 Å². The fourth-order valence-electron chi connectivity index (χ4n) is 4.65. The first-order chi connectivity index (χ1) is 8.60. The molecule has 96 valence electrons. The number of nitriles is 1. The Bertz CT molecular complexity index is 412. The zero-order chi connectivity index (χ0) is 12.8. The molecule has 4 nitrogen and oxygen atoms in total. The summed E-state index contributed by atoms with van der Waals surface area (Å²) >= 11 is 0. The van der Waals surface area contributed by atoms with Crippen molar-refractivity contribution in [3.8, 4) is 6.07 Å². The minimum atomic E-state index is -1.14. The number of hydrogen-bond acceptors (Lipinski definition) is 3. The number of carboxylic acids is 1. The second kappa shape index (κ2) is 4.01. The zero-order valence-electron chi connectivity index (χ0n) is 10.4. The maximum Gasteiger partial charge on any atom is 0.347 e. The van der Waals surface area contributed by atoms with E-state index in [0.29, 0.717) is 0 Å². The first-order valence-electron chi connectivity index (χ1n) is 6.71. The average Bonchev–Trinajstić information content (AvgIpc) is 2.27. The Morgan fingerprint density at radius 1 is 1.22 bits per heavy atom. The molecular weight excluding hydrogens is 228 g/mol. The van der Waals surface area contributed by atoms with Crippen LogP contribution < -0.4 is 5.32 Å². The molecule has 18 heavy (non-hydrogen) atoms. The molecule has 0 aromatic carbocycles. The summed E-state index contributed by atoms with van der Waals surface area (Å²) in [5.41, 5.74) is -0.113. The molecule has 4 aliphatic rings. The maximum atomic E-state index is 10.8. The normalized spacial score (nSPS) is 41.5. The SMILES string of the molecule is N#C/C(=C\NC12CC3CC(CC(C3)C1)C2)C(=O)O. The quantitative estimate of drug-likeness (QED) is 0.590. The van der Waals surface area contributed by atoms with Crippen LogP contribution >= 0.6 is 0 Å². The van der Waals surface area contributed by atoms with E-state index in [-0.39, 0.29) is 11.1 Å². The van der Waals surface area contributed by atoms with Crippen molar-refractivity contribution in [3.63, 3.8) is 0 Å². The Morgan fingerprint density at radius 2 is 1.72 bits per heavy atom. The van der Waals surface area contributed by atoms with Crippen LogP contribution in [0.15, 0.2) is 11.8 Å². The van der Waals surface area contributed by atoms with Gasteiger partial charge in [-0.3, -0.25) is 0 Å². The molecule has 4 heteroatoms. The molecule has 4 rings (SSSR count). The number of nitrogens with zero attached hydrogens (tertiary/aromatic N) is 1. The van der Waals surface area contributed by atoms with E-state index >= 15 is 0 Å².